The van der Waals surface area contributed by atoms with Crippen LogP contribution in [0, 0.1) is 34.6 Å². The van der Waals surface area contributed by atoms with Gasteiger partial charge in [0, 0.05) is 17.8 Å². The normalized spacial score (nSPS) is 12.9. The highest BCUT2D eigenvalue weighted by Gasteiger charge is 2.23. The van der Waals surface area contributed by atoms with E-state index in [-0.39, 0.29) is 0 Å². The van der Waals surface area contributed by atoms with Crippen molar-refractivity contribution in [2.45, 2.75) is 47.0 Å². The van der Waals surface area contributed by atoms with Crippen LogP contribution in [-0.4, -0.2) is 35.5 Å². The van der Waals surface area contributed by atoms with Gasteiger partial charge in [-0.05, 0) is 95.1 Å². The molecule has 0 radical (unpaired) electrons. The number of nitrogens with one attached hydrogen (secondary N) is 1. The fourth-order valence-electron chi connectivity index (χ4n) is 3.35. The molecule has 0 aliphatic heterocycles. The molecule has 1 heterocycles. The van der Waals surface area contributed by atoms with Crippen molar-refractivity contribution in [2.24, 2.45) is 0 Å². The first-order chi connectivity index (χ1) is 10.3. The van der Waals surface area contributed by atoms with Gasteiger partial charge >= 0.3 is 0 Å². The average molecular weight is 299 g/mol. The number of benzene rings is 1. The minimum atomic E-state index is 0.378. The second kappa shape index (κ2) is 6.66. The van der Waals surface area contributed by atoms with Gasteiger partial charge in [-0.1, -0.05) is 0 Å². The molecule has 0 fully saturated rings. The van der Waals surface area contributed by atoms with Gasteiger partial charge in [0.2, 0.25) is 0 Å². The molecule has 1 aromatic heterocycles. The maximum atomic E-state index is 4.25. The minimum absolute atomic E-state index is 0.378. The van der Waals surface area contributed by atoms with E-state index < -0.39 is 0 Å². The molecule has 120 valence electrons. The molecule has 3 heteroatoms. The van der Waals surface area contributed by atoms with Crippen molar-refractivity contribution in [1.82, 2.24) is 14.9 Å². The Morgan fingerprint density at radius 1 is 0.955 bits per heavy atom. The average Bonchev–Trinajstić information content (AvgIpc) is 3.00. The largest absolute Gasteiger partial charge is 0.348 e. The zero-order valence-electron chi connectivity index (χ0n) is 15.0. The Hall–Kier alpha value is -1.61. The first-order valence-corrected chi connectivity index (χ1v) is 8.04. The second-order valence-corrected chi connectivity index (χ2v) is 6.69. The predicted octanol–water partition coefficient (Wildman–Crippen LogP) is 4.04. The smallest absolute Gasteiger partial charge is 0.0921 e. The lowest BCUT2D eigenvalue weighted by atomic mass is 9.81. The van der Waals surface area contributed by atoms with Crippen molar-refractivity contribution < 1.29 is 0 Å². The van der Waals surface area contributed by atoms with Crippen LogP contribution in [0.2, 0.25) is 0 Å². The molecule has 0 amide bonds. The molecule has 0 aliphatic carbocycles. The Bertz CT molecular complexity index is 610. The van der Waals surface area contributed by atoms with E-state index in [0.717, 1.165) is 13.0 Å². The molecule has 3 nitrogen and oxygen atoms in total. The van der Waals surface area contributed by atoms with Crippen LogP contribution in [0.4, 0.5) is 0 Å². The summed E-state index contributed by atoms with van der Waals surface area (Å²) in [4.78, 5) is 9.84. The Morgan fingerprint density at radius 2 is 1.50 bits per heavy atom. The lowest BCUT2D eigenvalue weighted by Gasteiger charge is -2.26. The summed E-state index contributed by atoms with van der Waals surface area (Å²) in [5, 5.41) is 0. The minimum Gasteiger partial charge on any atom is -0.348 e. The third-order valence-electron chi connectivity index (χ3n) is 5.17. The van der Waals surface area contributed by atoms with Gasteiger partial charge in [-0.15, -0.1) is 0 Å². The van der Waals surface area contributed by atoms with Gasteiger partial charge in [-0.3, -0.25) is 0 Å². The molecular formula is C19H29N3. The number of nitrogens with zero attached hydrogens (tertiary/aromatic N) is 2. The second-order valence-electron chi connectivity index (χ2n) is 6.69. The van der Waals surface area contributed by atoms with E-state index >= 15 is 0 Å². The number of hydrogen-bond donors (Lipinski definition) is 1. The molecule has 1 aromatic carbocycles. The summed E-state index contributed by atoms with van der Waals surface area (Å²) in [5.41, 5.74) is 9.83. The third-order valence-corrected chi connectivity index (χ3v) is 5.17. The topological polar surface area (TPSA) is 31.9 Å². The molecule has 22 heavy (non-hydrogen) atoms. The highest BCUT2D eigenvalue weighted by molar-refractivity contribution is 5.52. The molecule has 0 spiro atoms. The number of aromatic nitrogens is 2. The van der Waals surface area contributed by atoms with Crippen LogP contribution in [0.25, 0.3) is 0 Å². The van der Waals surface area contributed by atoms with E-state index in [1.165, 1.54) is 39.1 Å². The van der Waals surface area contributed by atoms with E-state index in [0.29, 0.717) is 5.92 Å². The van der Waals surface area contributed by atoms with E-state index in [2.05, 4.69) is 63.6 Å². The standard InChI is InChI=1S/C19H29N3/c1-12-13(2)15(4)19(16(5)14(12)3)17(8-9-22(6)7)18-10-20-11-21-18/h10-11,17H,8-9H2,1-7H3,(H,20,21). The maximum absolute atomic E-state index is 4.25. The van der Waals surface area contributed by atoms with Gasteiger partial charge in [0.25, 0.3) is 0 Å². The molecule has 0 bridgehead atoms. The fraction of sp³-hybridized carbons (Fsp3) is 0.526. The lowest BCUT2D eigenvalue weighted by Crippen LogP contribution is -2.18. The van der Waals surface area contributed by atoms with Gasteiger partial charge in [-0.2, -0.15) is 0 Å². The van der Waals surface area contributed by atoms with Crippen LogP contribution in [0.1, 0.15) is 51.4 Å². The Labute approximate surface area is 134 Å². The molecule has 2 rings (SSSR count). The van der Waals surface area contributed by atoms with Crippen LogP contribution in [0.3, 0.4) is 0 Å². The van der Waals surface area contributed by atoms with E-state index in [4.69, 9.17) is 0 Å². The van der Waals surface area contributed by atoms with E-state index in [9.17, 15) is 0 Å². The number of H-pyrrole nitrogens is 1. The number of aromatic amines is 1. The number of rotatable bonds is 5. The maximum Gasteiger partial charge on any atom is 0.0921 e. The van der Waals surface area contributed by atoms with E-state index in [1.54, 1.807) is 6.33 Å². The molecule has 0 aliphatic rings. The molecule has 2 aromatic rings. The van der Waals surface area contributed by atoms with Gasteiger partial charge in [0.15, 0.2) is 0 Å². The molecule has 0 saturated heterocycles. The highest BCUT2D eigenvalue weighted by atomic mass is 15.0. The summed E-state index contributed by atoms with van der Waals surface area (Å²) in [5.74, 6) is 0.378. The first-order valence-electron chi connectivity index (χ1n) is 8.04. The van der Waals surface area contributed by atoms with Crippen molar-refractivity contribution in [3.63, 3.8) is 0 Å². The SMILES string of the molecule is Cc1c(C)c(C)c(C(CCN(C)C)c2cnc[nH]2)c(C)c1C. The summed E-state index contributed by atoms with van der Waals surface area (Å²) in [7, 11) is 4.27. The Balaban J connectivity index is 2.57. The molecule has 0 saturated carbocycles. The van der Waals surface area contributed by atoms with Crippen molar-refractivity contribution in [2.75, 3.05) is 20.6 Å². The summed E-state index contributed by atoms with van der Waals surface area (Å²) in [6.07, 6.45) is 4.86. The first kappa shape index (κ1) is 16.8. The van der Waals surface area contributed by atoms with Crippen molar-refractivity contribution in [3.8, 4) is 0 Å². The Morgan fingerprint density at radius 3 is 1.95 bits per heavy atom. The van der Waals surface area contributed by atoms with Gasteiger partial charge in [-0.25, -0.2) is 4.98 Å². The van der Waals surface area contributed by atoms with Crippen molar-refractivity contribution in [1.29, 1.82) is 0 Å². The van der Waals surface area contributed by atoms with Crippen LogP contribution in [0.5, 0.6) is 0 Å². The van der Waals surface area contributed by atoms with Gasteiger partial charge in [0.1, 0.15) is 0 Å². The summed E-state index contributed by atoms with van der Waals surface area (Å²) in [6.45, 7) is 12.3. The van der Waals surface area contributed by atoms with Crippen LogP contribution in [0.15, 0.2) is 12.5 Å². The zero-order valence-corrected chi connectivity index (χ0v) is 15.0. The van der Waals surface area contributed by atoms with Crippen molar-refractivity contribution >= 4 is 0 Å². The van der Waals surface area contributed by atoms with E-state index in [1.807, 2.05) is 6.20 Å². The summed E-state index contributed by atoms with van der Waals surface area (Å²) < 4.78 is 0. The molecule has 1 unspecified atom stereocenters. The van der Waals surface area contributed by atoms with Gasteiger partial charge < -0.3 is 9.88 Å². The summed E-state index contributed by atoms with van der Waals surface area (Å²) in [6, 6.07) is 0. The lowest BCUT2D eigenvalue weighted by molar-refractivity contribution is 0.389. The zero-order chi connectivity index (χ0) is 16.4. The summed E-state index contributed by atoms with van der Waals surface area (Å²) >= 11 is 0. The predicted molar refractivity (Wildman–Crippen MR) is 93.7 cm³/mol. The van der Waals surface area contributed by atoms with Crippen LogP contribution in [-0.2, 0) is 0 Å². The number of imidazole rings is 1. The van der Waals surface area contributed by atoms with Crippen LogP contribution >= 0.6 is 0 Å². The molecular weight excluding hydrogens is 270 g/mol. The monoisotopic (exact) mass is 299 g/mol. The molecule has 1 N–H and O–H groups in total. The third kappa shape index (κ3) is 3.09. The highest BCUT2D eigenvalue weighted by Crippen LogP contribution is 2.36. The van der Waals surface area contributed by atoms with Crippen molar-refractivity contribution in [3.05, 3.63) is 51.6 Å². The number of hydrogen-bond acceptors (Lipinski definition) is 2. The fourth-order valence-corrected chi connectivity index (χ4v) is 3.35. The quantitative estimate of drug-likeness (QED) is 0.903. The van der Waals surface area contributed by atoms with Gasteiger partial charge in [0.05, 0.1) is 6.33 Å². The van der Waals surface area contributed by atoms with Crippen LogP contribution < -0.4 is 0 Å². The Kier molecular flexibility index (Phi) is 5.07. The molecule has 1 atom stereocenters.